The number of halogens is 3. The number of carbonyl (C=O) groups is 1. The second-order valence-corrected chi connectivity index (χ2v) is 5.65. The van der Waals surface area contributed by atoms with Crippen LogP contribution >= 0.6 is 24.8 Å². The minimum Gasteiger partial charge on any atom is -0.366 e. The van der Waals surface area contributed by atoms with E-state index in [4.69, 9.17) is 0 Å². The molecule has 1 aromatic heterocycles. The van der Waals surface area contributed by atoms with Crippen LogP contribution < -0.4 is 10.6 Å². The standard InChI is InChI=1S/C14H20FN5O.2ClH/c15-10-8-12(16-9-10)14(21)20-6-3-11(4-7-20)18-13-2-1-5-17-19-13;;/h1-2,5,10-12,16H,3-4,6-9H2,(H,18,19);2*1H/t10-,12+;;/m0../s1. The average Bonchev–Trinajstić information content (AvgIpc) is 2.95. The van der Waals surface area contributed by atoms with Crippen LogP contribution in [0, 0.1) is 0 Å². The third-order valence-corrected chi connectivity index (χ3v) is 4.11. The average molecular weight is 366 g/mol. The molecule has 0 unspecified atom stereocenters. The van der Waals surface area contributed by atoms with E-state index in [2.05, 4.69) is 20.8 Å². The Balaban J connectivity index is 0.00000132. The number of amides is 1. The van der Waals surface area contributed by atoms with E-state index in [1.165, 1.54) is 0 Å². The largest absolute Gasteiger partial charge is 0.366 e. The maximum absolute atomic E-state index is 13.1. The Morgan fingerprint density at radius 1 is 1.35 bits per heavy atom. The fourth-order valence-corrected chi connectivity index (χ4v) is 2.93. The summed E-state index contributed by atoms with van der Waals surface area (Å²) >= 11 is 0. The minimum atomic E-state index is -0.894. The predicted octanol–water partition coefficient (Wildman–Crippen LogP) is 1.42. The van der Waals surface area contributed by atoms with E-state index in [0.717, 1.165) is 18.7 Å². The summed E-state index contributed by atoms with van der Waals surface area (Å²) in [7, 11) is 0. The van der Waals surface area contributed by atoms with Gasteiger partial charge in [0.25, 0.3) is 0 Å². The van der Waals surface area contributed by atoms with E-state index in [1.807, 2.05) is 17.0 Å². The summed E-state index contributed by atoms with van der Waals surface area (Å²) < 4.78 is 13.1. The van der Waals surface area contributed by atoms with E-state index in [-0.39, 0.29) is 36.8 Å². The molecule has 0 radical (unpaired) electrons. The first-order valence-corrected chi connectivity index (χ1v) is 7.43. The summed E-state index contributed by atoms with van der Waals surface area (Å²) in [6.45, 7) is 1.69. The van der Waals surface area contributed by atoms with Crippen molar-refractivity contribution in [2.24, 2.45) is 0 Å². The van der Waals surface area contributed by atoms with Crippen molar-refractivity contribution in [3.05, 3.63) is 18.3 Å². The summed E-state index contributed by atoms with van der Waals surface area (Å²) in [5.74, 6) is 0.799. The molecular weight excluding hydrogens is 344 g/mol. The number of anilines is 1. The van der Waals surface area contributed by atoms with Crippen LogP contribution in [0.25, 0.3) is 0 Å². The molecule has 2 atom stereocenters. The molecule has 2 aliphatic heterocycles. The molecule has 3 rings (SSSR count). The first-order chi connectivity index (χ1) is 10.2. The van der Waals surface area contributed by atoms with Gasteiger partial charge in [0.2, 0.25) is 5.91 Å². The zero-order valence-electron chi connectivity index (χ0n) is 12.7. The van der Waals surface area contributed by atoms with Crippen LogP contribution in [0.1, 0.15) is 19.3 Å². The summed E-state index contributed by atoms with van der Waals surface area (Å²) in [5.41, 5.74) is 0. The third kappa shape index (κ3) is 5.16. The maximum atomic E-state index is 13.1. The number of hydrogen-bond donors (Lipinski definition) is 2. The smallest absolute Gasteiger partial charge is 0.239 e. The van der Waals surface area contributed by atoms with Gasteiger partial charge in [-0.05, 0) is 25.0 Å². The second-order valence-electron chi connectivity index (χ2n) is 5.65. The minimum absolute atomic E-state index is 0. The highest BCUT2D eigenvalue weighted by atomic mass is 35.5. The van der Waals surface area contributed by atoms with E-state index < -0.39 is 6.17 Å². The van der Waals surface area contributed by atoms with Crippen molar-refractivity contribution in [3.8, 4) is 0 Å². The van der Waals surface area contributed by atoms with Crippen LogP contribution in [-0.4, -0.2) is 58.9 Å². The summed E-state index contributed by atoms with van der Waals surface area (Å²) in [4.78, 5) is 14.1. The summed E-state index contributed by atoms with van der Waals surface area (Å²) in [5, 5.41) is 14.1. The number of nitrogens with one attached hydrogen (secondary N) is 2. The van der Waals surface area contributed by atoms with Crippen LogP contribution in [0.15, 0.2) is 18.3 Å². The molecule has 0 bridgehead atoms. The fraction of sp³-hybridized carbons (Fsp3) is 0.643. The number of alkyl halides is 1. The fourth-order valence-electron chi connectivity index (χ4n) is 2.93. The van der Waals surface area contributed by atoms with Crippen molar-refractivity contribution in [3.63, 3.8) is 0 Å². The summed E-state index contributed by atoms with van der Waals surface area (Å²) in [6.07, 6.45) is 2.78. The number of carbonyl (C=O) groups excluding carboxylic acids is 1. The van der Waals surface area contributed by atoms with Crippen LogP contribution in [0.5, 0.6) is 0 Å². The number of likely N-dealkylation sites (tertiary alicyclic amines) is 1. The predicted molar refractivity (Wildman–Crippen MR) is 91.1 cm³/mol. The van der Waals surface area contributed by atoms with E-state index in [1.54, 1.807) is 6.20 Å². The number of nitrogens with zero attached hydrogens (tertiary/aromatic N) is 3. The van der Waals surface area contributed by atoms with E-state index in [9.17, 15) is 9.18 Å². The SMILES string of the molecule is Cl.Cl.O=C([C@H]1C[C@H](F)CN1)N1CCC(Nc2cccnn2)CC1. The van der Waals surface area contributed by atoms with E-state index in [0.29, 0.717) is 32.1 Å². The van der Waals surface area contributed by atoms with Crippen LogP contribution in [0.4, 0.5) is 10.2 Å². The molecule has 23 heavy (non-hydrogen) atoms. The molecule has 130 valence electrons. The number of piperidine rings is 1. The molecular formula is C14H22Cl2FN5O. The Kier molecular flexibility index (Phi) is 7.94. The molecule has 6 nitrogen and oxygen atoms in total. The molecule has 1 amide bonds. The quantitative estimate of drug-likeness (QED) is 0.847. The molecule has 2 N–H and O–H groups in total. The van der Waals surface area contributed by atoms with Crippen molar-refractivity contribution in [2.45, 2.75) is 37.5 Å². The molecule has 1 aromatic rings. The van der Waals surface area contributed by atoms with Gasteiger partial charge < -0.3 is 15.5 Å². The highest BCUT2D eigenvalue weighted by molar-refractivity contribution is 5.85. The Bertz CT molecular complexity index is 487. The third-order valence-electron chi connectivity index (χ3n) is 4.11. The van der Waals surface area contributed by atoms with Gasteiger partial charge in [-0.15, -0.1) is 29.9 Å². The first-order valence-electron chi connectivity index (χ1n) is 7.43. The molecule has 0 spiro atoms. The molecule has 9 heteroatoms. The van der Waals surface area contributed by atoms with Gasteiger partial charge in [0.1, 0.15) is 12.0 Å². The second kappa shape index (κ2) is 9.20. The van der Waals surface area contributed by atoms with Crippen molar-refractivity contribution in [1.82, 2.24) is 20.4 Å². The van der Waals surface area contributed by atoms with E-state index >= 15 is 0 Å². The van der Waals surface area contributed by atoms with Gasteiger partial charge >= 0.3 is 0 Å². The molecule has 2 fully saturated rings. The van der Waals surface area contributed by atoms with Crippen molar-refractivity contribution < 1.29 is 9.18 Å². The van der Waals surface area contributed by atoms with Crippen LogP contribution in [0.3, 0.4) is 0 Å². The molecule has 0 aliphatic carbocycles. The number of rotatable bonds is 3. The molecule has 2 aliphatic rings. The zero-order valence-corrected chi connectivity index (χ0v) is 14.3. The zero-order chi connectivity index (χ0) is 14.7. The maximum Gasteiger partial charge on any atom is 0.239 e. The topological polar surface area (TPSA) is 70.2 Å². The Labute approximate surface area is 147 Å². The first kappa shape index (κ1) is 19.9. The van der Waals surface area contributed by atoms with Crippen molar-refractivity contribution in [1.29, 1.82) is 0 Å². The lowest BCUT2D eigenvalue weighted by molar-refractivity contribution is -0.134. The highest BCUT2D eigenvalue weighted by Gasteiger charge is 2.33. The van der Waals surface area contributed by atoms with Gasteiger partial charge in [0, 0.05) is 38.3 Å². The number of aromatic nitrogens is 2. The molecule has 0 saturated carbocycles. The van der Waals surface area contributed by atoms with Crippen LogP contribution in [0.2, 0.25) is 0 Å². The Hall–Kier alpha value is -1.18. The molecule has 2 saturated heterocycles. The van der Waals surface area contributed by atoms with Crippen molar-refractivity contribution >= 4 is 36.5 Å². The lowest BCUT2D eigenvalue weighted by Gasteiger charge is -2.34. The summed E-state index contributed by atoms with van der Waals surface area (Å²) in [6, 6.07) is 3.68. The molecule has 3 heterocycles. The van der Waals surface area contributed by atoms with Gasteiger partial charge in [0.15, 0.2) is 0 Å². The lowest BCUT2D eigenvalue weighted by Crippen LogP contribution is -2.48. The van der Waals surface area contributed by atoms with Gasteiger partial charge in [-0.3, -0.25) is 4.79 Å². The molecule has 0 aromatic carbocycles. The number of hydrogen-bond acceptors (Lipinski definition) is 5. The van der Waals surface area contributed by atoms with Gasteiger partial charge in [-0.1, -0.05) is 0 Å². The van der Waals surface area contributed by atoms with Gasteiger partial charge in [-0.2, -0.15) is 5.10 Å². The van der Waals surface area contributed by atoms with Gasteiger partial charge in [0.05, 0.1) is 6.04 Å². The van der Waals surface area contributed by atoms with Crippen molar-refractivity contribution in [2.75, 3.05) is 25.0 Å². The normalized spacial score (nSPS) is 24.5. The highest BCUT2D eigenvalue weighted by Crippen LogP contribution is 2.18. The van der Waals surface area contributed by atoms with Gasteiger partial charge in [-0.25, -0.2) is 4.39 Å². The monoisotopic (exact) mass is 365 g/mol. The Morgan fingerprint density at radius 3 is 2.65 bits per heavy atom. The Morgan fingerprint density at radius 2 is 2.09 bits per heavy atom. The van der Waals surface area contributed by atoms with Crippen LogP contribution in [-0.2, 0) is 4.79 Å². The lowest BCUT2D eigenvalue weighted by atomic mass is 10.0.